The number of fused-ring (bicyclic) bond motifs is 4. The van der Waals surface area contributed by atoms with E-state index in [4.69, 9.17) is 9.41 Å². The van der Waals surface area contributed by atoms with Crippen molar-refractivity contribution in [3.8, 4) is 33.4 Å². The number of benzene rings is 8. The average Bonchev–Trinajstić information content (AvgIpc) is 3.63. The highest BCUT2D eigenvalue weighted by molar-refractivity contribution is 6.11. The van der Waals surface area contributed by atoms with Crippen molar-refractivity contribution in [3.05, 3.63) is 205 Å². The fourth-order valence-electron chi connectivity index (χ4n) is 7.71. The van der Waals surface area contributed by atoms with Gasteiger partial charge in [0.2, 0.25) is 0 Å². The second-order valence-electron chi connectivity index (χ2n) is 13.6. The maximum atomic E-state index is 6.74. The highest BCUT2D eigenvalue weighted by Gasteiger charge is 2.28. The van der Waals surface area contributed by atoms with Crippen LogP contribution in [0.25, 0.3) is 66.1 Å². The van der Waals surface area contributed by atoms with E-state index in [9.17, 15) is 0 Å². The van der Waals surface area contributed by atoms with Crippen molar-refractivity contribution in [2.45, 2.75) is 12.3 Å². The molecule has 9 aromatic rings. The molecule has 252 valence electrons. The van der Waals surface area contributed by atoms with Gasteiger partial charge >= 0.3 is 0 Å². The fourth-order valence-corrected chi connectivity index (χ4v) is 7.71. The van der Waals surface area contributed by atoms with Crippen molar-refractivity contribution in [2.75, 3.05) is 0 Å². The molecule has 2 atom stereocenters. The monoisotopic (exact) mass is 681 g/mol. The number of rotatable bonds is 6. The molecule has 2 heterocycles. The predicted molar refractivity (Wildman–Crippen MR) is 219 cm³/mol. The Morgan fingerprint density at radius 2 is 1.08 bits per heavy atom. The zero-order valence-electron chi connectivity index (χ0n) is 28.9. The van der Waals surface area contributed by atoms with Crippen molar-refractivity contribution in [3.63, 3.8) is 0 Å². The predicted octanol–water partition coefficient (Wildman–Crippen LogP) is 12.1. The van der Waals surface area contributed by atoms with Gasteiger partial charge in [0, 0.05) is 27.5 Å². The smallest absolute Gasteiger partial charge is 0.143 e. The van der Waals surface area contributed by atoms with Crippen LogP contribution >= 0.6 is 0 Å². The fraction of sp³-hybridized carbons (Fsp3) is 0.0408. The summed E-state index contributed by atoms with van der Waals surface area (Å²) in [6.07, 6.45) is -0.489. The van der Waals surface area contributed by atoms with Gasteiger partial charge in [-0.05, 0) is 68.4 Å². The lowest BCUT2D eigenvalue weighted by Gasteiger charge is -2.32. The Balaban J connectivity index is 1.06. The highest BCUT2D eigenvalue weighted by atomic mass is 16.3. The minimum absolute atomic E-state index is 0.238. The molecule has 4 nitrogen and oxygen atoms in total. The first kappa shape index (κ1) is 31.0. The third-order valence-electron chi connectivity index (χ3n) is 10.3. The Bertz CT molecular complexity index is 2790. The van der Waals surface area contributed by atoms with Crippen LogP contribution in [-0.4, -0.2) is 5.84 Å². The van der Waals surface area contributed by atoms with Crippen LogP contribution in [0.3, 0.4) is 0 Å². The molecule has 8 aromatic carbocycles. The largest absolute Gasteiger partial charge is 0.455 e. The van der Waals surface area contributed by atoms with Gasteiger partial charge < -0.3 is 9.73 Å². The number of para-hydroxylation sites is 1. The van der Waals surface area contributed by atoms with Gasteiger partial charge in [0.15, 0.2) is 0 Å². The molecule has 0 saturated heterocycles. The van der Waals surface area contributed by atoms with Crippen molar-refractivity contribution in [1.82, 2.24) is 10.6 Å². The second-order valence-corrected chi connectivity index (χ2v) is 13.6. The van der Waals surface area contributed by atoms with Crippen molar-refractivity contribution in [1.29, 1.82) is 0 Å². The molecule has 53 heavy (non-hydrogen) atoms. The van der Waals surface area contributed by atoms with Gasteiger partial charge in [-0.1, -0.05) is 164 Å². The van der Waals surface area contributed by atoms with Crippen molar-refractivity contribution < 1.29 is 4.42 Å². The molecule has 0 radical (unpaired) electrons. The lowest BCUT2D eigenvalue weighted by Crippen LogP contribution is -2.45. The zero-order valence-corrected chi connectivity index (χ0v) is 28.9. The molecule has 0 fully saturated rings. The molecule has 0 spiro atoms. The SMILES string of the molecule is c1ccc(-c2cccc(-c3cccc4c3oc3cccc(C5NC(c6ccc7cc(-c8ccccc8)ccc7c6)=NC(c6ccccc6)N5)c34)c2)cc1. The van der Waals surface area contributed by atoms with E-state index in [1.54, 1.807) is 0 Å². The number of aliphatic imine (C=N–C) groups is 1. The maximum absolute atomic E-state index is 6.74. The van der Waals surface area contributed by atoms with E-state index in [2.05, 4.69) is 193 Å². The number of furan rings is 1. The quantitative estimate of drug-likeness (QED) is 0.184. The van der Waals surface area contributed by atoms with Gasteiger partial charge in [-0.25, -0.2) is 4.99 Å². The van der Waals surface area contributed by atoms with Crippen LogP contribution in [0.4, 0.5) is 0 Å². The first-order valence-corrected chi connectivity index (χ1v) is 18.1. The molecular weight excluding hydrogens is 647 g/mol. The molecular formula is C49H35N3O. The van der Waals surface area contributed by atoms with E-state index in [1.165, 1.54) is 33.0 Å². The molecule has 1 aliphatic rings. The Labute approximate surface area is 308 Å². The topological polar surface area (TPSA) is 49.6 Å². The van der Waals surface area contributed by atoms with Gasteiger partial charge in [-0.15, -0.1) is 0 Å². The number of nitrogens with zero attached hydrogens (tertiary/aromatic N) is 1. The highest BCUT2D eigenvalue weighted by Crippen LogP contribution is 2.40. The van der Waals surface area contributed by atoms with Crippen LogP contribution in [-0.2, 0) is 0 Å². The van der Waals surface area contributed by atoms with Crippen LogP contribution < -0.4 is 10.6 Å². The van der Waals surface area contributed by atoms with Crippen LogP contribution in [0.2, 0.25) is 0 Å². The summed E-state index contributed by atoms with van der Waals surface area (Å²) >= 11 is 0. The Kier molecular flexibility index (Phi) is 7.67. The summed E-state index contributed by atoms with van der Waals surface area (Å²) in [5, 5.41) is 12.2. The van der Waals surface area contributed by atoms with E-state index in [1.807, 2.05) is 6.07 Å². The molecule has 0 saturated carbocycles. The molecule has 2 N–H and O–H groups in total. The molecule has 1 aliphatic heterocycles. The van der Waals surface area contributed by atoms with Gasteiger partial charge in [0.05, 0.1) is 0 Å². The molecule has 4 heteroatoms. The first-order chi connectivity index (χ1) is 26.2. The standard InChI is InChI=1S/C49H35N3O/c1-4-13-32(14-5-1)35-19-10-20-39(30-35)41-21-11-22-42-45-43(23-12-24-44(45)53-46(41)42)49-51-47(34-17-8-3-9-18-34)50-48(52-49)40-28-27-37-29-36(25-26-38(37)31-40)33-15-6-2-7-16-33/h1-31,47,49,51H,(H,50,52). The summed E-state index contributed by atoms with van der Waals surface area (Å²) in [4.78, 5) is 5.26. The Morgan fingerprint density at radius 3 is 1.83 bits per heavy atom. The Morgan fingerprint density at radius 1 is 0.472 bits per heavy atom. The summed E-state index contributed by atoms with van der Waals surface area (Å²) < 4.78 is 6.74. The molecule has 0 bridgehead atoms. The second kappa shape index (κ2) is 13.1. The van der Waals surface area contributed by atoms with Crippen molar-refractivity contribution >= 4 is 38.5 Å². The first-order valence-electron chi connectivity index (χ1n) is 18.1. The van der Waals surface area contributed by atoms with Crippen LogP contribution in [0.15, 0.2) is 197 Å². The summed E-state index contributed by atoms with van der Waals surface area (Å²) in [5.74, 6) is 0.847. The van der Waals surface area contributed by atoms with Crippen LogP contribution in [0, 0.1) is 0 Å². The third-order valence-corrected chi connectivity index (χ3v) is 10.3. The van der Waals surface area contributed by atoms with E-state index in [0.29, 0.717) is 0 Å². The summed E-state index contributed by atoms with van der Waals surface area (Å²) in [7, 11) is 0. The third kappa shape index (κ3) is 5.76. The summed E-state index contributed by atoms with van der Waals surface area (Å²) in [6, 6.07) is 66.3. The summed E-state index contributed by atoms with van der Waals surface area (Å²) in [6.45, 7) is 0. The minimum Gasteiger partial charge on any atom is -0.455 e. The van der Waals surface area contributed by atoms with Gasteiger partial charge in [0.25, 0.3) is 0 Å². The molecule has 2 unspecified atom stereocenters. The number of amidine groups is 1. The lowest BCUT2D eigenvalue weighted by molar-refractivity contribution is 0.411. The van der Waals surface area contributed by atoms with E-state index in [0.717, 1.165) is 55.6 Å². The van der Waals surface area contributed by atoms with Gasteiger partial charge in [-0.3, -0.25) is 5.32 Å². The molecule has 10 rings (SSSR count). The Hall–Kier alpha value is -6.75. The van der Waals surface area contributed by atoms with Gasteiger partial charge in [-0.2, -0.15) is 0 Å². The minimum atomic E-state index is -0.252. The lowest BCUT2D eigenvalue weighted by atomic mass is 9.96. The molecule has 0 aliphatic carbocycles. The van der Waals surface area contributed by atoms with E-state index < -0.39 is 0 Å². The average molecular weight is 682 g/mol. The van der Waals surface area contributed by atoms with E-state index in [-0.39, 0.29) is 12.3 Å². The normalized spacial score (nSPS) is 15.7. The maximum Gasteiger partial charge on any atom is 0.143 e. The van der Waals surface area contributed by atoms with E-state index >= 15 is 0 Å². The number of nitrogens with one attached hydrogen (secondary N) is 2. The molecule has 1 aromatic heterocycles. The zero-order chi connectivity index (χ0) is 35.1. The van der Waals surface area contributed by atoms with Gasteiger partial charge in [0.1, 0.15) is 29.3 Å². The van der Waals surface area contributed by atoms with Crippen molar-refractivity contribution in [2.24, 2.45) is 4.99 Å². The summed E-state index contributed by atoms with van der Waals surface area (Å²) in [5.41, 5.74) is 12.0. The number of hydrogen-bond acceptors (Lipinski definition) is 4. The molecule has 0 amide bonds. The van der Waals surface area contributed by atoms with Crippen LogP contribution in [0.1, 0.15) is 29.0 Å². The van der Waals surface area contributed by atoms with Crippen LogP contribution in [0.5, 0.6) is 0 Å². The number of hydrogen-bond donors (Lipinski definition) is 2.